The highest BCUT2D eigenvalue weighted by Crippen LogP contribution is 2.42. The van der Waals surface area contributed by atoms with Gasteiger partial charge in [-0.25, -0.2) is 0 Å². The van der Waals surface area contributed by atoms with Crippen LogP contribution >= 0.6 is 15.9 Å². The lowest BCUT2D eigenvalue weighted by atomic mass is 10.0. The van der Waals surface area contributed by atoms with Crippen LogP contribution < -0.4 is 0 Å². The van der Waals surface area contributed by atoms with E-state index in [4.69, 9.17) is 0 Å². The fraction of sp³-hybridized carbons (Fsp3) is 0.100. The third-order valence-corrected chi connectivity index (χ3v) is 4.97. The molecule has 1 aliphatic heterocycles. The van der Waals surface area contributed by atoms with Gasteiger partial charge in [0.15, 0.2) is 11.6 Å². The zero-order valence-electron chi connectivity index (χ0n) is 12.8. The number of nitrogens with zero attached hydrogens (tertiary/aromatic N) is 1. The van der Waals surface area contributed by atoms with Crippen molar-refractivity contribution in [1.82, 2.24) is 4.90 Å². The number of Topliss-reactive ketones (excluding diaryl/α,β-unsaturated/α-hetero) is 2. The molecule has 0 N–H and O–H groups in total. The monoisotopic (exact) mass is 379 g/mol. The second-order valence-electron chi connectivity index (χ2n) is 5.89. The third kappa shape index (κ3) is 2.43. The van der Waals surface area contributed by atoms with Crippen LogP contribution in [0.1, 0.15) is 26.3 Å². The lowest BCUT2D eigenvalue weighted by molar-refractivity contribution is 0.0959. The molecule has 0 fully saturated rings. The third-order valence-electron chi connectivity index (χ3n) is 4.33. The Morgan fingerprint density at radius 3 is 2.42 bits per heavy atom. The minimum atomic E-state index is 0.0535. The number of benzene rings is 2. The highest BCUT2D eigenvalue weighted by atomic mass is 79.9. The van der Waals surface area contributed by atoms with Crippen molar-refractivity contribution in [3.63, 3.8) is 0 Å². The maximum atomic E-state index is 12.6. The first-order chi connectivity index (χ1) is 11.6. The number of hydrogen-bond donors (Lipinski definition) is 0. The van der Waals surface area contributed by atoms with Crippen molar-refractivity contribution in [2.45, 2.75) is 0 Å². The summed E-state index contributed by atoms with van der Waals surface area (Å²) in [7, 11) is 0. The molecule has 4 rings (SSSR count). The van der Waals surface area contributed by atoms with E-state index < -0.39 is 0 Å². The summed E-state index contributed by atoms with van der Waals surface area (Å²) in [5, 5.41) is 0. The predicted octanol–water partition coefficient (Wildman–Crippen LogP) is 4.07. The van der Waals surface area contributed by atoms with Gasteiger partial charge in [-0.3, -0.25) is 9.59 Å². The van der Waals surface area contributed by atoms with Gasteiger partial charge in [-0.05, 0) is 5.56 Å². The second-order valence-corrected chi connectivity index (χ2v) is 6.85. The van der Waals surface area contributed by atoms with Gasteiger partial charge in [0, 0.05) is 33.0 Å². The van der Waals surface area contributed by atoms with Gasteiger partial charge in [0.1, 0.15) is 0 Å². The van der Waals surface area contributed by atoms with E-state index in [1.54, 1.807) is 0 Å². The zero-order valence-corrected chi connectivity index (χ0v) is 14.4. The van der Waals surface area contributed by atoms with Gasteiger partial charge in [-0.1, -0.05) is 70.5 Å². The summed E-state index contributed by atoms with van der Waals surface area (Å²) < 4.78 is 0.835. The Balaban J connectivity index is 1.66. The second kappa shape index (κ2) is 5.87. The predicted molar refractivity (Wildman–Crippen MR) is 97.0 cm³/mol. The molecule has 0 atom stereocenters. The highest BCUT2D eigenvalue weighted by molar-refractivity contribution is 9.11. The molecule has 0 bridgehead atoms. The summed E-state index contributed by atoms with van der Waals surface area (Å²) in [4.78, 5) is 27.0. The lowest BCUT2D eigenvalue weighted by Crippen LogP contribution is -2.29. The average Bonchev–Trinajstić information content (AvgIpc) is 2.89. The Hall–Kier alpha value is -2.46. The molecule has 0 saturated carbocycles. The summed E-state index contributed by atoms with van der Waals surface area (Å²) >= 11 is 3.55. The van der Waals surface area contributed by atoms with E-state index in [9.17, 15) is 9.59 Å². The molecule has 0 amide bonds. The van der Waals surface area contributed by atoms with Crippen molar-refractivity contribution in [3.05, 3.63) is 87.5 Å². The number of hydrogen-bond acceptors (Lipinski definition) is 3. The molecule has 3 nitrogen and oxygen atoms in total. The molecule has 0 radical (unpaired) electrons. The van der Waals surface area contributed by atoms with Crippen LogP contribution in [0.15, 0.2) is 70.9 Å². The minimum absolute atomic E-state index is 0.0535. The van der Waals surface area contributed by atoms with Gasteiger partial charge in [0.25, 0.3) is 0 Å². The molecular formula is C20H14BrNO2. The maximum Gasteiger partial charge on any atom is 0.195 e. The average molecular weight is 380 g/mol. The molecule has 2 aromatic rings. The van der Waals surface area contributed by atoms with Gasteiger partial charge in [0.2, 0.25) is 0 Å². The van der Waals surface area contributed by atoms with Crippen molar-refractivity contribution < 1.29 is 9.59 Å². The van der Waals surface area contributed by atoms with E-state index >= 15 is 0 Å². The number of halogens is 1. The normalized spacial score (nSPS) is 16.0. The summed E-state index contributed by atoms with van der Waals surface area (Å²) in [6, 6.07) is 16.9. The maximum absolute atomic E-state index is 12.6. The molecular weight excluding hydrogens is 366 g/mol. The molecule has 4 heteroatoms. The van der Waals surface area contributed by atoms with Crippen LogP contribution in [-0.2, 0) is 0 Å². The molecule has 2 aliphatic rings. The first-order valence-corrected chi connectivity index (χ1v) is 8.51. The van der Waals surface area contributed by atoms with Crippen LogP contribution in [0.25, 0.3) is 5.57 Å². The Morgan fingerprint density at radius 2 is 1.67 bits per heavy atom. The largest absolute Gasteiger partial charge is 0.364 e. The molecule has 2 aromatic carbocycles. The Labute approximate surface area is 148 Å². The number of fused-ring (bicyclic) bond motifs is 3. The molecule has 0 saturated heterocycles. The quantitative estimate of drug-likeness (QED) is 0.754. The van der Waals surface area contributed by atoms with Crippen molar-refractivity contribution in [2.75, 3.05) is 13.1 Å². The number of carbonyl (C=O) groups is 2. The summed E-state index contributed by atoms with van der Waals surface area (Å²) in [5.74, 6) is 0.117. The Kier molecular flexibility index (Phi) is 3.69. The van der Waals surface area contributed by atoms with E-state index in [0.29, 0.717) is 12.1 Å². The molecule has 118 valence electrons. The van der Waals surface area contributed by atoms with E-state index in [1.807, 2.05) is 65.7 Å². The number of carbonyl (C=O) groups excluding carboxylic acids is 2. The van der Waals surface area contributed by atoms with E-state index in [-0.39, 0.29) is 18.1 Å². The number of allylic oxidation sites excluding steroid dienone is 2. The molecule has 0 aromatic heterocycles. The van der Waals surface area contributed by atoms with Crippen molar-refractivity contribution in [3.8, 4) is 0 Å². The standard InChI is InChI=1S/C20H14BrNO2/c21-17-11-22(12-18(23)13-6-2-1-3-7-13)10-16-14-8-4-5-9-15(14)20(24)19(16)17/h1-10H,11-12H2. The Morgan fingerprint density at radius 1 is 1.00 bits per heavy atom. The topological polar surface area (TPSA) is 37.4 Å². The number of ketones is 2. The minimum Gasteiger partial charge on any atom is -0.364 e. The lowest BCUT2D eigenvalue weighted by Gasteiger charge is -2.25. The first kappa shape index (κ1) is 15.1. The van der Waals surface area contributed by atoms with Gasteiger partial charge < -0.3 is 4.90 Å². The van der Waals surface area contributed by atoms with E-state index in [2.05, 4.69) is 15.9 Å². The molecule has 0 spiro atoms. The van der Waals surface area contributed by atoms with Crippen LogP contribution in [0, 0.1) is 0 Å². The first-order valence-electron chi connectivity index (χ1n) is 7.72. The summed E-state index contributed by atoms with van der Waals surface area (Å²) in [6.07, 6.45) is 1.94. The van der Waals surface area contributed by atoms with Crippen LogP contribution in [0.4, 0.5) is 0 Å². The van der Waals surface area contributed by atoms with Gasteiger partial charge in [-0.2, -0.15) is 0 Å². The summed E-state index contributed by atoms with van der Waals surface area (Å²) in [6.45, 7) is 0.809. The fourth-order valence-electron chi connectivity index (χ4n) is 3.20. The highest BCUT2D eigenvalue weighted by Gasteiger charge is 2.34. The van der Waals surface area contributed by atoms with Crippen LogP contribution in [-0.4, -0.2) is 29.6 Å². The molecule has 1 heterocycles. The molecule has 1 aliphatic carbocycles. The summed E-state index contributed by atoms with van der Waals surface area (Å²) in [5.41, 5.74) is 3.98. The van der Waals surface area contributed by atoms with E-state index in [0.717, 1.165) is 26.8 Å². The fourth-order valence-corrected chi connectivity index (χ4v) is 3.91. The van der Waals surface area contributed by atoms with Gasteiger partial charge in [-0.15, -0.1) is 0 Å². The van der Waals surface area contributed by atoms with E-state index in [1.165, 1.54) is 0 Å². The van der Waals surface area contributed by atoms with Gasteiger partial charge >= 0.3 is 0 Å². The van der Waals surface area contributed by atoms with Crippen molar-refractivity contribution >= 4 is 33.1 Å². The van der Waals surface area contributed by atoms with Crippen molar-refractivity contribution in [2.24, 2.45) is 0 Å². The SMILES string of the molecule is O=C(CN1C=C2C(=C(Br)C1)C(=O)c1ccccc12)c1ccccc1. The van der Waals surface area contributed by atoms with Crippen LogP contribution in [0.3, 0.4) is 0 Å². The number of rotatable bonds is 3. The Bertz CT molecular complexity index is 912. The molecule has 0 unspecified atom stereocenters. The van der Waals surface area contributed by atoms with Crippen LogP contribution in [0.2, 0.25) is 0 Å². The molecule has 24 heavy (non-hydrogen) atoms. The van der Waals surface area contributed by atoms with Gasteiger partial charge in [0.05, 0.1) is 13.1 Å². The van der Waals surface area contributed by atoms with Crippen molar-refractivity contribution in [1.29, 1.82) is 0 Å². The zero-order chi connectivity index (χ0) is 16.7. The smallest absolute Gasteiger partial charge is 0.195 e. The van der Waals surface area contributed by atoms with Crippen LogP contribution in [0.5, 0.6) is 0 Å².